The number of carbonyl (C=O) groups is 1. The van der Waals surface area contributed by atoms with E-state index in [4.69, 9.17) is 0 Å². The van der Waals surface area contributed by atoms with Crippen LogP contribution in [0.25, 0.3) is 10.8 Å². The summed E-state index contributed by atoms with van der Waals surface area (Å²) in [6, 6.07) is 28.2. The number of rotatable bonds is 9. The van der Waals surface area contributed by atoms with Crippen LogP contribution in [0.2, 0.25) is 0 Å². The third-order valence-electron chi connectivity index (χ3n) is 6.49. The largest absolute Gasteiger partial charge is 0.354 e. The van der Waals surface area contributed by atoms with E-state index in [1.165, 1.54) is 20.6 Å². The van der Waals surface area contributed by atoms with Crippen molar-refractivity contribution in [3.05, 3.63) is 108 Å². The number of sulfonamides is 1. The van der Waals surface area contributed by atoms with Crippen LogP contribution < -0.4 is 9.62 Å². The summed E-state index contributed by atoms with van der Waals surface area (Å²) >= 11 is 0. The average Bonchev–Trinajstić information content (AvgIpc) is 2.88. The van der Waals surface area contributed by atoms with Crippen LogP contribution in [0.5, 0.6) is 0 Å². The molecule has 36 heavy (non-hydrogen) atoms. The van der Waals surface area contributed by atoms with E-state index in [9.17, 15) is 13.2 Å². The smallest absolute Gasteiger partial charge is 0.264 e. The molecule has 0 saturated heterocycles. The molecule has 5 nitrogen and oxygen atoms in total. The molecule has 0 aliphatic carbocycles. The Kier molecular flexibility index (Phi) is 7.75. The normalized spacial score (nSPS) is 12.3. The summed E-state index contributed by atoms with van der Waals surface area (Å²) in [6.45, 7) is 6.15. The predicted octanol–water partition coefficient (Wildman–Crippen LogP) is 5.65. The summed E-state index contributed by atoms with van der Waals surface area (Å²) in [4.78, 5) is 13.2. The highest BCUT2D eigenvalue weighted by Gasteiger charge is 2.27. The van der Waals surface area contributed by atoms with Crippen molar-refractivity contribution in [2.24, 2.45) is 5.92 Å². The van der Waals surface area contributed by atoms with Gasteiger partial charge in [0.25, 0.3) is 10.0 Å². The maximum absolute atomic E-state index is 13.5. The molecule has 0 radical (unpaired) electrons. The first-order chi connectivity index (χ1) is 17.3. The number of aryl methyl sites for hydroxylation is 2. The fraction of sp³-hybridized carbons (Fsp3) is 0.233. The predicted molar refractivity (Wildman–Crippen MR) is 147 cm³/mol. The van der Waals surface area contributed by atoms with Crippen LogP contribution in [-0.2, 0) is 21.2 Å². The molecule has 0 heterocycles. The van der Waals surface area contributed by atoms with Gasteiger partial charge in [-0.15, -0.1) is 0 Å². The lowest BCUT2D eigenvalue weighted by Gasteiger charge is -2.25. The molecule has 0 aromatic heterocycles. The van der Waals surface area contributed by atoms with Crippen molar-refractivity contribution in [2.75, 3.05) is 17.4 Å². The van der Waals surface area contributed by atoms with Gasteiger partial charge in [-0.3, -0.25) is 9.10 Å². The molecule has 0 bridgehead atoms. The average molecular weight is 501 g/mol. The Morgan fingerprint density at radius 2 is 1.56 bits per heavy atom. The van der Waals surface area contributed by atoms with E-state index < -0.39 is 10.0 Å². The second-order valence-corrected chi connectivity index (χ2v) is 11.2. The van der Waals surface area contributed by atoms with Crippen LogP contribution in [0.15, 0.2) is 95.9 Å². The first-order valence-electron chi connectivity index (χ1n) is 12.1. The Balaban J connectivity index is 1.49. The molecule has 0 saturated carbocycles. The molecular weight excluding hydrogens is 468 g/mol. The number of carbonyl (C=O) groups excluding carboxylic acids is 1. The summed E-state index contributed by atoms with van der Waals surface area (Å²) in [5.74, 6) is -0.155. The second kappa shape index (κ2) is 11.0. The maximum atomic E-state index is 13.5. The van der Waals surface area contributed by atoms with Crippen molar-refractivity contribution in [2.45, 2.75) is 32.1 Å². The van der Waals surface area contributed by atoms with Crippen LogP contribution in [0, 0.1) is 19.8 Å². The Labute approximate surface area is 213 Å². The quantitative estimate of drug-likeness (QED) is 0.323. The minimum Gasteiger partial charge on any atom is -0.354 e. The maximum Gasteiger partial charge on any atom is 0.264 e. The Bertz CT molecular complexity index is 1460. The Morgan fingerprint density at radius 3 is 2.31 bits per heavy atom. The lowest BCUT2D eigenvalue weighted by atomic mass is 9.96. The topological polar surface area (TPSA) is 66.5 Å². The highest BCUT2D eigenvalue weighted by atomic mass is 32.2. The number of hydrogen-bond donors (Lipinski definition) is 1. The fourth-order valence-electron chi connectivity index (χ4n) is 4.31. The summed E-state index contributed by atoms with van der Waals surface area (Å²) in [6.07, 6.45) is 0.810. The van der Waals surface area contributed by atoms with Crippen molar-refractivity contribution < 1.29 is 13.2 Å². The Hall–Kier alpha value is -3.64. The van der Waals surface area contributed by atoms with Gasteiger partial charge in [0.2, 0.25) is 5.91 Å². The zero-order valence-corrected chi connectivity index (χ0v) is 21.8. The summed E-state index contributed by atoms with van der Waals surface area (Å²) < 4.78 is 28.2. The van der Waals surface area contributed by atoms with Crippen molar-refractivity contribution >= 4 is 32.4 Å². The van der Waals surface area contributed by atoms with E-state index in [1.807, 2.05) is 38.1 Å². The highest BCUT2D eigenvalue weighted by Crippen LogP contribution is 2.26. The van der Waals surface area contributed by atoms with Gasteiger partial charge in [-0.1, -0.05) is 73.7 Å². The van der Waals surface area contributed by atoms with Crippen molar-refractivity contribution in [3.63, 3.8) is 0 Å². The molecule has 4 rings (SSSR count). The fourth-order valence-corrected chi connectivity index (χ4v) is 5.74. The van der Waals surface area contributed by atoms with Gasteiger partial charge >= 0.3 is 0 Å². The number of nitrogens with one attached hydrogen (secondary N) is 1. The minimum atomic E-state index is -3.92. The molecule has 0 aliphatic rings. The molecule has 0 spiro atoms. The molecule has 6 heteroatoms. The number of amides is 1. The molecule has 1 N–H and O–H groups in total. The SMILES string of the molecule is Cc1ccc(N(CC(=O)NCC(C)Cc2cccc3ccccc23)S(=O)(=O)c2ccccc2)cc1C. The molecule has 4 aromatic rings. The molecule has 0 aliphatic heterocycles. The molecular formula is C30H32N2O3S. The lowest BCUT2D eigenvalue weighted by Crippen LogP contribution is -2.42. The van der Waals surface area contributed by atoms with Crippen LogP contribution in [0.4, 0.5) is 5.69 Å². The summed E-state index contributed by atoms with van der Waals surface area (Å²) in [5.41, 5.74) is 3.73. The molecule has 0 fully saturated rings. The number of hydrogen-bond acceptors (Lipinski definition) is 3. The van der Waals surface area contributed by atoms with Gasteiger partial charge in [0.05, 0.1) is 10.6 Å². The first kappa shape index (κ1) is 25.5. The third kappa shape index (κ3) is 5.77. The number of anilines is 1. The molecule has 1 amide bonds. The van der Waals surface area contributed by atoms with Crippen molar-refractivity contribution in [1.29, 1.82) is 0 Å². The third-order valence-corrected chi connectivity index (χ3v) is 8.28. The van der Waals surface area contributed by atoms with E-state index >= 15 is 0 Å². The van der Waals surface area contributed by atoms with Crippen molar-refractivity contribution in [3.8, 4) is 0 Å². The van der Waals surface area contributed by atoms with E-state index in [0.29, 0.717) is 12.2 Å². The van der Waals surface area contributed by atoms with Gasteiger partial charge in [-0.25, -0.2) is 8.42 Å². The van der Waals surface area contributed by atoms with E-state index in [1.54, 1.807) is 36.4 Å². The van der Waals surface area contributed by atoms with E-state index in [2.05, 4.69) is 42.6 Å². The van der Waals surface area contributed by atoms with E-state index in [-0.39, 0.29) is 23.3 Å². The zero-order valence-electron chi connectivity index (χ0n) is 20.9. The van der Waals surface area contributed by atoms with Crippen LogP contribution in [-0.4, -0.2) is 27.4 Å². The van der Waals surface area contributed by atoms with E-state index in [0.717, 1.165) is 17.5 Å². The number of benzene rings is 4. The number of nitrogens with zero attached hydrogens (tertiary/aromatic N) is 1. The van der Waals surface area contributed by atoms with Crippen LogP contribution in [0.1, 0.15) is 23.6 Å². The second-order valence-electron chi connectivity index (χ2n) is 9.34. The summed E-state index contributed by atoms with van der Waals surface area (Å²) in [5, 5.41) is 5.37. The van der Waals surface area contributed by atoms with Gasteiger partial charge in [0.1, 0.15) is 6.54 Å². The minimum absolute atomic E-state index is 0.153. The molecule has 4 aromatic carbocycles. The van der Waals surface area contributed by atoms with Crippen LogP contribution in [0.3, 0.4) is 0 Å². The van der Waals surface area contributed by atoms with Gasteiger partial charge in [0.15, 0.2) is 0 Å². The zero-order chi connectivity index (χ0) is 25.7. The molecule has 1 unspecified atom stereocenters. The highest BCUT2D eigenvalue weighted by molar-refractivity contribution is 7.92. The standard InChI is InChI=1S/C30H32N2O3S/c1-22(18-26-12-9-11-25-10-7-8-15-29(25)26)20-31-30(33)21-32(27-17-16-23(2)24(3)19-27)36(34,35)28-13-5-4-6-14-28/h4-17,19,22H,18,20-21H2,1-3H3,(H,31,33). The van der Waals surface area contributed by atoms with Crippen molar-refractivity contribution in [1.82, 2.24) is 5.32 Å². The lowest BCUT2D eigenvalue weighted by molar-refractivity contribution is -0.119. The Morgan fingerprint density at radius 1 is 0.861 bits per heavy atom. The van der Waals surface area contributed by atoms with Gasteiger partial charge in [0, 0.05) is 6.54 Å². The monoisotopic (exact) mass is 500 g/mol. The summed E-state index contributed by atoms with van der Waals surface area (Å²) in [7, 11) is -3.92. The first-order valence-corrected chi connectivity index (χ1v) is 13.6. The van der Waals surface area contributed by atoms with Crippen LogP contribution >= 0.6 is 0 Å². The molecule has 1 atom stereocenters. The van der Waals surface area contributed by atoms with Gasteiger partial charge < -0.3 is 5.32 Å². The number of fused-ring (bicyclic) bond motifs is 1. The molecule has 186 valence electrons. The van der Waals surface area contributed by atoms with Gasteiger partial charge in [-0.05, 0) is 77.9 Å². The van der Waals surface area contributed by atoms with Gasteiger partial charge in [-0.2, -0.15) is 0 Å².